The minimum atomic E-state index is -0.134. The summed E-state index contributed by atoms with van der Waals surface area (Å²) in [5.41, 5.74) is 6.56. The number of nitrogens with one attached hydrogen (secondary N) is 1. The van der Waals surface area contributed by atoms with Crippen LogP contribution in [0.2, 0.25) is 5.02 Å². The predicted octanol–water partition coefficient (Wildman–Crippen LogP) is 1.21. The molecule has 0 radical (unpaired) electrons. The van der Waals surface area contributed by atoms with E-state index in [1.807, 2.05) is 19.0 Å². The lowest BCUT2D eigenvalue weighted by atomic mass is 10.2. The molecule has 1 aromatic carbocycles. The van der Waals surface area contributed by atoms with Crippen molar-refractivity contribution in [2.75, 3.05) is 32.9 Å². The standard InChI is InChI=1S/C11H16ClN3O/c1-15(2)6-5-14-11(16)8-3-4-9(12)10(13)7-8/h3-4,7H,5-6,13H2,1-2H3,(H,14,16). The van der Waals surface area contributed by atoms with Gasteiger partial charge < -0.3 is 16.0 Å². The number of hydrogen-bond acceptors (Lipinski definition) is 3. The number of hydrogen-bond donors (Lipinski definition) is 2. The molecule has 1 amide bonds. The predicted molar refractivity (Wildman–Crippen MR) is 66.8 cm³/mol. The van der Waals surface area contributed by atoms with Crippen LogP contribution in [0.15, 0.2) is 18.2 Å². The van der Waals surface area contributed by atoms with Gasteiger partial charge in [0.15, 0.2) is 0 Å². The summed E-state index contributed by atoms with van der Waals surface area (Å²) in [5.74, 6) is -0.134. The number of rotatable bonds is 4. The second-order valence-electron chi connectivity index (χ2n) is 3.80. The van der Waals surface area contributed by atoms with Gasteiger partial charge in [0.2, 0.25) is 0 Å². The molecule has 0 aromatic heterocycles. The van der Waals surface area contributed by atoms with Crippen LogP contribution in [-0.4, -0.2) is 38.0 Å². The second kappa shape index (κ2) is 5.72. The number of carbonyl (C=O) groups excluding carboxylic acids is 1. The van der Waals surface area contributed by atoms with E-state index in [2.05, 4.69) is 5.32 Å². The van der Waals surface area contributed by atoms with Gasteiger partial charge in [-0.2, -0.15) is 0 Å². The number of carbonyl (C=O) groups is 1. The Morgan fingerprint density at radius 1 is 1.50 bits per heavy atom. The van der Waals surface area contributed by atoms with Gasteiger partial charge in [-0.1, -0.05) is 11.6 Å². The largest absolute Gasteiger partial charge is 0.398 e. The number of nitrogens with two attached hydrogens (primary N) is 1. The zero-order valence-corrected chi connectivity index (χ0v) is 10.2. The first kappa shape index (κ1) is 12.8. The molecule has 88 valence electrons. The number of nitrogen functional groups attached to an aromatic ring is 1. The van der Waals surface area contributed by atoms with Crippen molar-refractivity contribution in [3.63, 3.8) is 0 Å². The Morgan fingerprint density at radius 3 is 2.75 bits per heavy atom. The zero-order chi connectivity index (χ0) is 12.1. The van der Waals surface area contributed by atoms with E-state index in [1.165, 1.54) is 0 Å². The molecule has 16 heavy (non-hydrogen) atoms. The van der Waals surface area contributed by atoms with E-state index in [-0.39, 0.29) is 5.91 Å². The molecule has 1 aromatic rings. The molecule has 0 heterocycles. The van der Waals surface area contributed by atoms with Crippen LogP contribution in [0.25, 0.3) is 0 Å². The fourth-order valence-corrected chi connectivity index (χ4v) is 1.30. The van der Waals surface area contributed by atoms with E-state index in [1.54, 1.807) is 18.2 Å². The van der Waals surface area contributed by atoms with Gasteiger partial charge in [-0.15, -0.1) is 0 Å². The zero-order valence-electron chi connectivity index (χ0n) is 9.46. The van der Waals surface area contributed by atoms with Crippen LogP contribution in [0.1, 0.15) is 10.4 Å². The van der Waals surface area contributed by atoms with Crippen molar-refractivity contribution in [1.29, 1.82) is 0 Å². The summed E-state index contributed by atoms with van der Waals surface area (Å²) in [4.78, 5) is 13.7. The molecule has 0 saturated heterocycles. The van der Waals surface area contributed by atoms with Crippen LogP contribution in [0.4, 0.5) is 5.69 Å². The molecule has 0 aliphatic rings. The van der Waals surface area contributed by atoms with Crippen molar-refractivity contribution in [3.05, 3.63) is 28.8 Å². The summed E-state index contributed by atoms with van der Waals surface area (Å²) in [6.07, 6.45) is 0. The van der Waals surface area contributed by atoms with E-state index in [0.29, 0.717) is 22.8 Å². The Hall–Kier alpha value is -1.26. The third kappa shape index (κ3) is 3.72. The Morgan fingerprint density at radius 2 is 2.19 bits per heavy atom. The topological polar surface area (TPSA) is 58.4 Å². The van der Waals surface area contributed by atoms with Gasteiger partial charge in [-0.05, 0) is 32.3 Å². The van der Waals surface area contributed by atoms with Crippen molar-refractivity contribution >= 4 is 23.2 Å². The third-order valence-corrected chi connectivity index (χ3v) is 2.45. The van der Waals surface area contributed by atoms with Crippen molar-refractivity contribution in [1.82, 2.24) is 10.2 Å². The molecule has 0 saturated carbocycles. The van der Waals surface area contributed by atoms with Crippen molar-refractivity contribution in [2.24, 2.45) is 0 Å². The summed E-state index contributed by atoms with van der Waals surface area (Å²) >= 11 is 5.77. The lowest BCUT2D eigenvalue weighted by Gasteiger charge is -2.10. The molecule has 0 fully saturated rings. The van der Waals surface area contributed by atoms with Gasteiger partial charge in [-0.3, -0.25) is 4.79 Å². The maximum Gasteiger partial charge on any atom is 0.251 e. The highest BCUT2D eigenvalue weighted by Gasteiger charge is 2.06. The summed E-state index contributed by atoms with van der Waals surface area (Å²) in [7, 11) is 3.90. The Balaban J connectivity index is 2.56. The first-order valence-electron chi connectivity index (χ1n) is 4.98. The van der Waals surface area contributed by atoms with Gasteiger partial charge >= 0.3 is 0 Å². The first-order valence-corrected chi connectivity index (χ1v) is 5.36. The lowest BCUT2D eigenvalue weighted by Crippen LogP contribution is -2.31. The summed E-state index contributed by atoms with van der Waals surface area (Å²) in [6.45, 7) is 1.41. The maximum atomic E-state index is 11.7. The average Bonchev–Trinajstić information content (AvgIpc) is 2.21. The Bertz CT molecular complexity index is 379. The minimum Gasteiger partial charge on any atom is -0.398 e. The molecular weight excluding hydrogens is 226 g/mol. The molecule has 4 nitrogen and oxygen atoms in total. The quantitative estimate of drug-likeness (QED) is 0.780. The van der Waals surface area contributed by atoms with Crippen LogP contribution in [0.5, 0.6) is 0 Å². The highest BCUT2D eigenvalue weighted by atomic mass is 35.5. The molecular formula is C11H16ClN3O. The maximum absolute atomic E-state index is 11.7. The minimum absolute atomic E-state index is 0.134. The molecule has 0 aliphatic heterocycles. The van der Waals surface area contributed by atoms with Gasteiger partial charge in [0.1, 0.15) is 0 Å². The van der Waals surface area contributed by atoms with E-state index < -0.39 is 0 Å². The highest BCUT2D eigenvalue weighted by molar-refractivity contribution is 6.33. The van der Waals surface area contributed by atoms with E-state index >= 15 is 0 Å². The molecule has 0 unspecified atom stereocenters. The van der Waals surface area contributed by atoms with Crippen molar-refractivity contribution < 1.29 is 4.79 Å². The van der Waals surface area contributed by atoms with E-state index in [0.717, 1.165) is 6.54 Å². The van der Waals surface area contributed by atoms with Gasteiger partial charge in [-0.25, -0.2) is 0 Å². The van der Waals surface area contributed by atoms with E-state index in [4.69, 9.17) is 17.3 Å². The SMILES string of the molecule is CN(C)CCNC(=O)c1ccc(Cl)c(N)c1. The van der Waals surface area contributed by atoms with Crippen LogP contribution < -0.4 is 11.1 Å². The smallest absolute Gasteiger partial charge is 0.251 e. The molecule has 0 atom stereocenters. The summed E-state index contributed by atoms with van der Waals surface area (Å²) < 4.78 is 0. The van der Waals surface area contributed by atoms with Gasteiger partial charge in [0.25, 0.3) is 5.91 Å². The third-order valence-electron chi connectivity index (χ3n) is 2.10. The number of nitrogens with zero attached hydrogens (tertiary/aromatic N) is 1. The van der Waals surface area contributed by atoms with Crippen LogP contribution >= 0.6 is 11.6 Å². The number of halogens is 1. The van der Waals surface area contributed by atoms with E-state index in [9.17, 15) is 4.79 Å². The molecule has 1 rings (SSSR count). The average molecular weight is 242 g/mol. The number of anilines is 1. The fourth-order valence-electron chi connectivity index (χ4n) is 1.18. The monoisotopic (exact) mass is 241 g/mol. The second-order valence-corrected chi connectivity index (χ2v) is 4.20. The molecule has 3 N–H and O–H groups in total. The van der Waals surface area contributed by atoms with Gasteiger partial charge in [0, 0.05) is 18.7 Å². The number of benzene rings is 1. The fraction of sp³-hybridized carbons (Fsp3) is 0.364. The first-order chi connectivity index (χ1) is 7.50. The number of amides is 1. The summed E-state index contributed by atoms with van der Waals surface area (Å²) in [6, 6.07) is 4.86. The van der Waals surface area contributed by atoms with Crippen LogP contribution in [0, 0.1) is 0 Å². The molecule has 0 bridgehead atoms. The lowest BCUT2D eigenvalue weighted by molar-refractivity contribution is 0.0951. The van der Waals surface area contributed by atoms with Crippen LogP contribution in [-0.2, 0) is 0 Å². The Labute approximate surface area is 100 Å². The molecule has 0 aliphatic carbocycles. The number of likely N-dealkylation sites (N-methyl/N-ethyl adjacent to an activating group) is 1. The molecule has 5 heteroatoms. The highest BCUT2D eigenvalue weighted by Crippen LogP contribution is 2.19. The normalized spacial score (nSPS) is 10.5. The van der Waals surface area contributed by atoms with Crippen LogP contribution in [0.3, 0.4) is 0 Å². The molecule has 0 spiro atoms. The van der Waals surface area contributed by atoms with Crippen molar-refractivity contribution in [2.45, 2.75) is 0 Å². The van der Waals surface area contributed by atoms with Crippen molar-refractivity contribution in [3.8, 4) is 0 Å². The van der Waals surface area contributed by atoms with Gasteiger partial charge in [0.05, 0.1) is 10.7 Å². The Kier molecular flexibility index (Phi) is 4.58. The summed E-state index contributed by atoms with van der Waals surface area (Å²) in [5, 5.41) is 3.26.